The summed E-state index contributed by atoms with van der Waals surface area (Å²) in [4.78, 5) is 0. The van der Waals surface area contributed by atoms with Gasteiger partial charge in [0.05, 0.1) is 6.07 Å². The molecule has 4 heteroatoms. The first-order valence-electron chi connectivity index (χ1n) is 6.36. The Labute approximate surface area is 117 Å². The summed E-state index contributed by atoms with van der Waals surface area (Å²) in [6.45, 7) is 2.21. The fraction of sp³-hybridized carbons (Fsp3) is 0.188. The number of anilines is 1. The second-order valence-electron chi connectivity index (χ2n) is 4.93. The number of hydrogen-bond donors (Lipinski definition) is 2. The number of benzene rings is 2. The minimum Gasteiger partial charge on any atom is -0.508 e. The predicted octanol–water partition coefficient (Wildman–Crippen LogP) is 2.92. The molecule has 2 aromatic rings. The Bertz CT molecular complexity index is 706. The van der Waals surface area contributed by atoms with E-state index in [2.05, 4.69) is 11.4 Å². The zero-order valence-electron chi connectivity index (χ0n) is 11.1. The molecule has 0 aliphatic carbocycles. The SMILES string of the molecule is Cc1ccccc1NC1(C#N)COc2cc(O)ccc21. The highest BCUT2D eigenvalue weighted by molar-refractivity contribution is 5.60. The Morgan fingerprint density at radius 1 is 1.30 bits per heavy atom. The second-order valence-corrected chi connectivity index (χ2v) is 4.93. The Hall–Kier alpha value is -2.67. The van der Waals surface area contributed by atoms with Gasteiger partial charge in [-0.2, -0.15) is 5.26 Å². The molecule has 0 spiro atoms. The summed E-state index contributed by atoms with van der Waals surface area (Å²) in [5.74, 6) is 0.681. The van der Waals surface area contributed by atoms with Crippen molar-refractivity contribution >= 4 is 5.69 Å². The first-order chi connectivity index (χ1) is 9.64. The maximum absolute atomic E-state index is 9.63. The van der Waals surface area contributed by atoms with Crippen LogP contribution in [0.5, 0.6) is 11.5 Å². The summed E-state index contributed by atoms with van der Waals surface area (Å²) in [5, 5.41) is 22.4. The van der Waals surface area contributed by atoms with Crippen molar-refractivity contribution in [2.45, 2.75) is 12.5 Å². The van der Waals surface area contributed by atoms with Crippen LogP contribution >= 0.6 is 0 Å². The minimum absolute atomic E-state index is 0.133. The molecule has 0 saturated heterocycles. The van der Waals surface area contributed by atoms with Gasteiger partial charge in [-0.3, -0.25) is 0 Å². The quantitative estimate of drug-likeness (QED) is 0.877. The fourth-order valence-electron chi connectivity index (χ4n) is 2.41. The van der Waals surface area contributed by atoms with Gasteiger partial charge < -0.3 is 15.2 Å². The number of ether oxygens (including phenoxy) is 1. The largest absolute Gasteiger partial charge is 0.508 e. The standard InChI is InChI=1S/C16H14N2O2/c1-11-4-2-3-5-14(11)18-16(9-17)10-20-15-8-12(19)6-7-13(15)16/h2-8,18-19H,10H2,1H3. The second kappa shape index (κ2) is 4.46. The number of rotatable bonds is 2. The monoisotopic (exact) mass is 266 g/mol. The molecule has 0 saturated carbocycles. The number of nitriles is 1. The minimum atomic E-state index is -0.921. The summed E-state index contributed by atoms with van der Waals surface area (Å²) >= 11 is 0. The van der Waals surface area contributed by atoms with Crippen LogP contribution in [-0.4, -0.2) is 11.7 Å². The van der Waals surface area contributed by atoms with Gasteiger partial charge in [-0.1, -0.05) is 18.2 Å². The van der Waals surface area contributed by atoms with E-state index in [1.54, 1.807) is 12.1 Å². The first kappa shape index (κ1) is 12.4. The lowest BCUT2D eigenvalue weighted by Crippen LogP contribution is -2.35. The maximum Gasteiger partial charge on any atom is 0.189 e. The van der Waals surface area contributed by atoms with E-state index in [0.29, 0.717) is 5.75 Å². The van der Waals surface area contributed by atoms with Crippen molar-refractivity contribution in [2.24, 2.45) is 0 Å². The third-order valence-corrected chi connectivity index (χ3v) is 3.55. The lowest BCUT2D eigenvalue weighted by Gasteiger charge is -2.23. The summed E-state index contributed by atoms with van der Waals surface area (Å²) in [7, 11) is 0. The predicted molar refractivity (Wildman–Crippen MR) is 75.7 cm³/mol. The molecule has 0 bridgehead atoms. The number of aryl methyl sites for hydroxylation is 1. The number of aromatic hydroxyl groups is 1. The van der Waals surface area contributed by atoms with Gasteiger partial charge in [0, 0.05) is 17.3 Å². The lowest BCUT2D eigenvalue weighted by molar-refractivity contribution is 0.313. The van der Waals surface area contributed by atoms with Gasteiger partial charge in [0.15, 0.2) is 5.54 Å². The van der Waals surface area contributed by atoms with Crippen LogP contribution in [0.15, 0.2) is 42.5 Å². The molecular formula is C16H14N2O2. The summed E-state index contributed by atoms with van der Waals surface area (Å²) < 4.78 is 5.55. The highest BCUT2D eigenvalue weighted by Crippen LogP contribution is 2.41. The average molecular weight is 266 g/mol. The normalized spacial score (nSPS) is 19.8. The summed E-state index contributed by atoms with van der Waals surface area (Å²) in [6.07, 6.45) is 0. The number of nitrogens with one attached hydrogen (secondary N) is 1. The van der Waals surface area contributed by atoms with Crippen molar-refractivity contribution < 1.29 is 9.84 Å². The molecule has 0 radical (unpaired) electrons. The number of fused-ring (bicyclic) bond motifs is 1. The molecule has 0 fully saturated rings. The third kappa shape index (κ3) is 1.84. The van der Waals surface area contributed by atoms with Crippen molar-refractivity contribution in [3.05, 3.63) is 53.6 Å². The molecule has 2 N–H and O–H groups in total. The Morgan fingerprint density at radius 2 is 2.10 bits per heavy atom. The van der Waals surface area contributed by atoms with E-state index in [1.807, 2.05) is 31.2 Å². The number of para-hydroxylation sites is 1. The van der Waals surface area contributed by atoms with E-state index >= 15 is 0 Å². The van der Waals surface area contributed by atoms with Gasteiger partial charge in [-0.05, 0) is 30.7 Å². The Morgan fingerprint density at radius 3 is 2.85 bits per heavy atom. The number of phenols is 1. The molecule has 1 atom stereocenters. The van der Waals surface area contributed by atoms with Crippen molar-refractivity contribution in [3.8, 4) is 17.6 Å². The van der Waals surface area contributed by atoms with Crippen LogP contribution in [0.3, 0.4) is 0 Å². The first-order valence-corrected chi connectivity index (χ1v) is 6.36. The van der Waals surface area contributed by atoms with Crippen LogP contribution in [0.1, 0.15) is 11.1 Å². The van der Waals surface area contributed by atoms with Crippen molar-refractivity contribution in [1.82, 2.24) is 0 Å². The van der Waals surface area contributed by atoms with Crippen LogP contribution in [0.25, 0.3) is 0 Å². The lowest BCUT2D eigenvalue weighted by atomic mass is 9.92. The van der Waals surface area contributed by atoms with Crippen molar-refractivity contribution in [1.29, 1.82) is 5.26 Å². The van der Waals surface area contributed by atoms with E-state index in [0.717, 1.165) is 16.8 Å². The van der Waals surface area contributed by atoms with Crippen LogP contribution in [0, 0.1) is 18.3 Å². The molecule has 1 heterocycles. The summed E-state index contributed by atoms with van der Waals surface area (Å²) in [6, 6.07) is 14.9. The molecule has 1 unspecified atom stereocenters. The van der Waals surface area contributed by atoms with E-state index < -0.39 is 5.54 Å². The number of hydrogen-bond acceptors (Lipinski definition) is 4. The molecule has 1 aliphatic rings. The Balaban J connectivity index is 2.04. The fourth-order valence-corrected chi connectivity index (χ4v) is 2.41. The highest BCUT2D eigenvalue weighted by Gasteiger charge is 2.41. The third-order valence-electron chi connectivity index (χ3n) is 3.55. The van der Waals surface area contributed by atoms with E-state index in [-0.39, 0.29) is 12.4 Å². The zero-order valence-corrected chi connectivity index (χ0v) is 11.1. The van der Waals surface area contributed by atoms with Gasteiger partial charge in [-0.25, -0.2) is 0 Å². The van der Waals surface area contributed by atoms with Crippen LogP contribution in [0.4, 0.5) is 5.69 Å². The van der Waals surface area contributed by atoms with Gasteiger partial charge >= 0.3 is 0 Å². The molecular weight excluding hydrogens is 252 g/mol. The molecule has 100 valence electrons. The zero-order chi connectivity index (χ0) is 14.2. The van der Waals surface area contributed by atoms with Crippen LogP contribution < -0.4 is 10.1 Å². The highest BCUT2D eigenvalue weighted by atomic mass is 16.5. The van der Waals surface area contributed by atoms with Crippen LogP contribution in [0.2, 0.25) is 0 Å². The Kier molecular flexibility index (Phi) is 2.76. The number of nitrogens with zero attached hydrogens (tertiary/aromatic N) is 1. The topological polar surface area (TPSA) is 65.3 Å². The van der Waals surface area contributed by atoms with Gasteiger partial charge in [0.1, 0.15) is 18.1 Å². The van der Waals surface area contributed by atoms with E-state index in [1.165, 1.54) is 6.07 Å². The maximum atomic E-state index is 9.63. The van der Waals surface area contributed by atoms with Crippen molar-refractivity contribution in [2.75, 3.05) is 11.9 Å². The van der Waals surface area contributed by atoms with E-state index in [4.69, 9.17) is 4.74 Å². The molecule has 4 nitrogen and oxygen atoms in total. The average Bonchev–Trinajstić information content (AvgIpc) is 2.80. The molecule has 0 amide bonds. The number of phenolic OH excluding ortho intramolecular Hbond substituents is 1. The molecule has 3 rings (SSSR count). The summed E-state index contributed by atoms with van der Waals surface area (Å²) in [5.41, 5.74) is 1.80. The van der Waals surface area contributed by atoms with Gasteiger partial charge in [0.2, 0.25) is 0 Å². The molecule has 20 heavy (non-hydrogen) atoms. The molecule has 0 aromatic heterocycles. The molecule has 1 aliphatic heterocycles. The van der Waals surface area contributed by atoms with Crippen LogP contribution in [-0.2, 0) is 5.54 Å². The van der Waals surface area contributed by atoms with E-state index in [9.17, 15) is 10.4 Å². The van der Waals surface area contributed by atoms with Gasteiger partial charge in [0.25, 0.3) is 0 Å². The smallest absolute Gasteiger partial charge is 0.189 e. The van der Waals surface area contributed by atoms with Crippen molar-refractivity contribution in [3.63, 3.8) is 0 Å². The van der Waals surface area contributed by atoms with Gasteiger partial charge in [-0.15, -0.1) is 0 Å². The molecule has 2 aromatic carbocycles.